The lowest BCUT2D eigenvalue weighted by Crippen LogP contribution is -2.20. The lowest BCUT2D eigenvalue weighted by Gasteiger charge is -2.17. The van der Waals surface area contributed by atoms with Gasteiger partial charge in [0, 0.05) is 32.7 Å². The van der Waals surface area contributed by atoms with Crippen molar-refractivity contribution < 1.29 is 4.79 Å². The number of hydrogen-bond donors (Lipinski definition) is 1. The number of anilines is 2. The van der Waals surface area contributed by atoms with E-state index in [2.05, 4.69) is 15.3 Å². The van der Waals surface area contributed by atoms with E-state index >= 15 is 0 Å². The Balaban J connectivity index is 2.22. The van der Waals surface area contributed by atoms with Crippen molar-refractivity contribution in [2.75, 3.05) is 24.3 Å². The molecule has 17 heavy (non-hydrogen) atoms. The predicted molar refractivity (Wildman–Crippen MR) is 65.2 cm³/mol. The van der Waals surface area contributed by atoms with E-state index < -0.39 is 0 Å². The number of imidazole rings is 1. The Labute approximate surface area is 98.9 Å². The molecule has 2 aromatic rings. The van der Waals surface area contributed by atoms with Gasteiger partial charge in [0.25, 0.3) is 0 Å². The van der Waals surface area contributed by atoms with E-state index in [9.17, 15) is 4.79 Å². The van der Waals surface area contributed by atoms with Gasteiger partial charge in [-0.2, -0.15) is 0 Å². The zero-order valence-corrected chi connectivity index (χ0v) is 9.66. The van der Waals surface area contributed by atoms with E-state index in [1.165, 1.54) is 10.9 Å². The highest BCUT2D eigenvalue weighted by Crippen LogP contribution is 2.22. The molecule has 0 aliphatic carbocycles. The maximum absolute atomic E-state index is 11.8. The van der Waals surface area contributed by atoms with Crippen molar-refractivity contribution in [2.45, 2.75) is 0 Å². The summed E-state index contributed by atoms with van der Waals surface area (Å²) < 4.78 is 1.37. The molecule has 2 rings (SSSR count). The fourth-order valence-corrected chi connectivity index (χ4v) is 1.43. The van der Waals surface area contributed by atoms with Gasteiger partial charge in [-0.25, -0.2) is 9.78 Å². The number of pyridine rings is 1. The number of nitrogens with one attached hydrogen (secondary N) is 1. The quantitative estimate of drug-likeness (QED) is 0.849. The first-order valence-electron chi connectivity index (χ1n) is 5.09. The first-order chi connectivity index (χ1) is 8.18. The van der Waals surface area contributed by atoms with E-state index in [-0.39, 0.29) is 6.03 Å². The van der Waals surface area contributed by atoms with Gasteiger partial charge in [0.2, 0.25) is 0 Å². The molecule has 0 spiro atoms. The molecule has 1 amide bonds. The van der Waals surface area contributed by atoms with Gasteiger partial charge in [0.1, 0.15) is 6.33 Å². The van der Waals surface area contributed by atoms with Crippen molar-refractivity contribution in [2.24, 2.45) is 0 Å². The second kappa shape index (κ2) is 4.65. The Morgan fingerprint density at radius 1 is 1.35 bits per heavy atom. The predicted octanol–water partition coefficient (Wildman–Crippen LogP) is 1.42. The molecule has 0 aliphatic rings. The maximum atomic E-state index is 11.8. The highest BCUT2D eigenvalue weighted by atomic mass is 16.2. The molecule has 0 radical (unpaired) electrons. The van der Waals surface area contributed by atoms with Gasteiger partial charge < -0.3 is 10.2 Å². The van der Waals surface area contributed by atoms with Crippen LogP contribution in [0.3, 0.4) is 0 Å². The van der Waals surface area contributed by atoms with Gasteiger partial charge in [-0.05, 0) is 6.07 Å². The summed E-state index contributed by atoms with van der Waals surface area (Å²) in [7, 11) is 3.81. The number of nitrogens with zero attached hydrogens (tertiary/aromatic N) is 4. The second-order valence-corrected chi connectivity index (χ2v) is 3.69. The van der Waals surface area contributed by atoms with Crippen LogP contribution in [-0.4, -0.2) is 34.7 Å². The summed E-state index contributed by atoms with van der Waals surface area (Å²) in [6, 6.07) is 1.57. The van der Waals surface area contributed by atoms with Crippen molar-refractivity contribution in [3.63, 3.8) is 0 Å². The van der Waals surface area contributed by atoms with Crippen LogP contribution in [0.5, 0.6) is 0 Å². The third-order valence-corrected chi connectivity index (χ3v) is 2.26. The minimum Gasteiger partial charge on any atom is -0.376 e. The molecule has 0 saturated heterocycles. The number of carbonyl (C=O) groups is 1. The molecule has 2 aromatic heterocycles. The molecule has 0 atom stereocenters. The molecule has 0 bridgehead atoms. The molecular formula is C11H13N5O. The van der Waals surface area contributed by atoms with Gasteiger partial charge in [0.15, 0.2) is 0 Å². The van der Waals surface area contributed by atoms with Gasteiger partial charge in [-0.15, -0.1) is 0 Å². The molecule has 6 nitrogen and oxygen atoms in total. The highest BCUT2D eigenvalue weighted by molar-refractivity contribution is 5.94. The fraction of sp³-hybridized carbons (Fsp3) is 0.182. The smallest absolute Gasteiger partial charge is 0.331 e. The van der Waals surface area contributed by atoms with Crippen LogP contribution in [0.4, 0.5) is 16.2 Å². The Bertz CT molecular complexity index is 506. The van der Waals surface area contributed by atoms with Gasteiger partial charge in [0.05, 0.1) is 17.6 Å². The first-order valence-corrected chi connectivity index (χ1v) is 5.09. The zero-order chi connectivity index (χ0) is 12.3. The van der Waals surface area contributed by atoms with E-state index in [0.29, 0.717) is 5.69 Å². The van der Waals surface area contributed by atoms with Crippen LogP contribution in [0.15, 0.2) is 37.2 Å². The molecule has 6 heteroatoms. The topological polar surface area (TPSA) is 63.1 Å². The van der Waals surface area contributed by atoms with Crippen molar-refractivity contribution >= 4 is 17.4 Å². The summed E-state index contributed by atoms with van der Waals surface area (Å²) in [4.78, 5) is 21.5. The lowest BCUT2D eigenvalue weighted by atomic mass is 10.3. The zero-order valence-electron chi connectivity index (χ0n) is 9.66. The number of amides is 1. The summed E-state index contributed by atoms with van der Waals surface area (Å²) in [5.74, 6) is 0. The van der Waals surface area contributed by atoms with Crippen molar-refractivity contribution in [1.82, 2.24) is 14.5 Å². The molecule has 0 aliphatic heterocycles. The average Bonchev–Trinajstić information content (AvgIpc) is 2.83. The number of hydrogen-bond acceptors (Lipinski definition) is 4. The number of rotatable bonds is 2. The number of carbonyl (C=O) groups excluding carboxylic acids is 1. The standard InChI is InChI=1S/C11H13N5O/c1-15(2)10-3-4-12-7-9(10)14-11(17)16-6-5-13-8-16/h3-8H,1-2H3,(H,14,17). The normalized spacial score (nSPS) is 10.0. The Morgan fingerprint density at radius 2 is 2.18 bits per heavy atom. The monoisotopic (exact) mass is 231 g/mol. The van der Waals surface area contributed by atoms with Gasteiger partial charge in [-0.1, -0.05) is 0 Å². The molecule has 0 saturated carbocycles. The summed E-state index contributed by atoms with van der Waals surface area (Å²) in [5.41, 5.74) is 1.56. The number of aromatic nitrogens is 3. The lowest BCUT2D eigenvalue weighted by molar-refractivity contribution is 0.253. The van der Waals surface area contributed by atoms with Crippen molar-refractivity contribution in [3.8, 4) is 0 Å². The summed E-state index contributed by atoms with van der Waals surface area (Å²) in [6.45, 7) is 0. The maximum Gasteiger partial charge on any atom is 0.331 e. The summed E-state index contributed by atoms with van der Waals surface area (Å²) in [6.07, 6.45) is 7.88. The molecule has 88 valence electrons. The van der Waals surface area contributed by atoms with Crippen LogP contribution >= 0.6 is 0 Å². The van der Waals surface area contributed by atoms with Crippen LogP contribution in [-0.2, 0) is 0 Å². The molecule has 0 unspecified atom stereocenters. The summed E-state index contributed by atoms with van der Waals surface area (Å²) >= 11 is 0. The van der Waals surface area contributed by atoms with Gasteiger partial charge in [-0.3, -0.25) is 9.55 Å². The molecule has 0 fully saturated rings. The SMILES string of the molecule is CN(C)c1ccncc1NC(=O)n1ccnc1. The van der Waals surface area contributed by atoms with Crippen LogP contribution in [0.2, 0.25) is 0 Å². The molecule has 1 N–H and O–H groups in total. The van der Waals surface area contributed by atoms with E-state index in [1.807, 2.05) is 25.1 Å². The van der Waals surface area contributed by atoms with E-state index in [0.717, 1.165) is 5.69 Å². The van der Waals surface area contributed by atoms with Crippen molar-refractivity contribution in [1.29, 1.82) is 0 Å². The Kier molecular flexibility index (Phi) is 3.04. The Hall–Kier alpha value is -2.37. The largest absolute Gasteiger partial charge is 0.376 e. The molecule has 2 heterocycles. The highest BCUT2D eigenvalue weighted by Gasteiger charge is 2.09. The van der Waals surface area contributed by atoms with Crippen LogP contribution in [0, 0.1) is 0 Å². The average molecular weight is 231 g/mol. The fourth-order valence-electron chi connectivity index (χ4n) is 1.43. The minimum absolute atomic E-state index is 0.265. The molecular weight excluding hydrogens is 218 g/mol. The van der Waals surface area contributed by atoms with E-state index in [4.69, 9.17) is 0 Å². The third-order valence-electron chi connectivity index (χ3n) is 2.26. The molecule has 0 aromatic carbocycles. The van der Waals surface area contributed by atoms with Crippen LogP contribution in [0.25, 0.3) is 0 Å². The third kappa shape index (κ3) is 2.41. The Morgan fingerprint density at radius 3 is 2.82 bits per heavy atom. The van der Waals surface area contributed by atoms with Gasteiger partial charge >= 0.3 is 6.03 Å². The summed E-state index contributed by atoms with van der Waals surface area (Å²) in [5, 5.41) is 2.77. The first kappa shape index (κ1) is 11.1. The van der Waals surface area contributed by atoms with E-state index in [1.54, 1.807) is 24.8 Å². The minimum atomic E-state index is -0.265. The second-order valence-electron chi connectivity index (χ2n) is 3.69. The van der Waals surface area contributed by atoms with Crippen LogP contribution in [0.1, 0.15) is 0 Å². The van der Waals surface area contributed by atoms with Crippen molar-refractivity contribution in [3.05, 3.63) is 37.2 Å². The van der Waals surface area contributed by atoms with Crippen LogP contribution < -0.4 is 10.2 Å².